The molecular formula is C16H22N2O2. The van der Waals surface area contributed by atoms with Crippen molar-refractivity contribution in [2.45, 2.75) is 38.0 Å². The molecule has 20 heavy (non-hydrogen) atoms. The molecule has 4 nitrogen and oxygen atoms in total. The third kappa shape index (κ3) is 2.66. The molecule has 0 radical (unpaired) electrons. The van der Waals surface area contributed by atoms with Crippen molar-refractivity contribution in [3.8, 4) is 5.75 Å². The van der Waals surface area contributed by atoms with Crippen LogP contribution >= 0.6 is 0 Å². The van der Waals surface area contributed by atoms with Crippen molar-refractivity contribution in [2.24, 2.45) is 11.7 Å². The van der Waals surface area contributed by atoms with Crippen LogP contribution in [0.2, 0.25) is 0 Å². The maximum atomic E-state index is 11.6. The van der Waals surface area contributed by atoms with E-state index >= 15 is 0 Å². The predicted molar refractivity (Wildman–Crippen MR) is 78.9 cm³/mol. The fraction of sp³-hybridized carbons (Fsp3) is 0.562. The average molecular weight is 274 g/mol. The lowest BCUT2D eigenvalue weighted by Crippen LogP contribution is -2.20. The first-order chi connectivity index (χ1) is 9.78. The number of hydrogen-bond donors (Lipinski definition) is 2. The Morgan fingerprint density at radius 3 is 2.90 bits per heavy atom. The van der Waals surface area contributed by atoms with Crippen LogP contribution in [-0.2, 0) is 4.79 Å². The summed E-state index contributed by atoms with van der Waals surface area (Å²) in [6.07, 6.45) is 5.56. The number of anilines is 1. The summed E-state index contributed by atoms with van der Waals surface area (Å²) in [6, 6.07) is 6.12. The van der Waals surface area contributed by atoms with Gasteiger partial charge in [-0.05, 0) is 48.9 Å². The quantitative estimate of drug-likeness (QED) is 0.890. The van der Waals surface area contributed by atoms with Gasteiger partial charge in [-0.2, -0.15) is 0 Å². The van der Waals surface area contributed by atoms with Crippen molar-refractivity contribution in [1.29, 1.82) is 0 Å². The zero-order valence-electron chi connectivity index (χ0n) is 11.7. The van der Waals surface area contributed by atoms with Gasteiger partial charge in [-0.3, -0.25) is 4.79 Å². The Bertz CT molecular complexity index is 495. The molecule has 1 aliphatic carbocycles. The molecule has 0 bridgehead atoms. The Morgan fingerprint density at radius 1 is 1.35 bits per heavy atom. The van der Waals surface area contributed by atoms with Crippen molar-refractivity contribution in [3.05, 3.63) is 23.8 Å². The van der Waals surface area contributed by atoms with E-state index in [1.807, 2.05) is 6.07 Å². The first-order valence-electron chi connectivity index (χ1n) is 7.54. The topological polar surface area (TPSA) is 64.3 Å². The monoisotopic (exact) mass is 274 g/mol. The SMILES string of the molecule is NCC(c1ccc2c(c1)NC(=O)CCO2)C1CCCC1. The highest BCUT2D eigenvalue weighted by molar-refractivity contribution is 5.93. The van der Waals surface area contributed by atoms with Crippen LogP contribution in [0.5, 0.6) is 5.75 Å². The molecule has 3 N–H and O–H groups in total. The normalized spacial score (nSPS) is 20.8. The zero-order chi connectivity index (χ0) is 13.9. The molecule has 0 aromatic heterocycles. The third-order valence-electron chi connectivity index (χ3n) is 4.52. The summed E-state index contributed by atoms with van der Waals surface area (Å²) in [5.74, 6) is 1.86. The lowest BCUT2D eigenvalue weighted by Gasteiger charge is -2.23. The standard InChI is InChI=1S/C16H22N2O2/c17-10-13(11-3-1-2-4-11)12-5-6-15-14(9-12)18-16(19)7-8-20-15/h5-6,9,11,13H,1-4,7-8,10,17H2,(H,18,19). The van der Waals surface area contributed by atoms with E-state index in [1.165, 1.54) is 31.2 Å². The molecule has 1 aromatic rings. The van der Waals surface area contributed by atoms with Gasteiger partial charge in [-0.25, -0.2) is 0 Å². The summed E-state index contributed by atoms with van der Waals surface area (Å²) in [5.41, 5.74) is 8.02. The molecular weight excluding hydrogens is 252 g/mol. The largest absolute Gasteiger partial charge is 0.491 e. The first-order valence-corrected chi connectivity index (χ1v) is 7.54. The maximum Gasteiger partial charge on any atom is 0.227 e. The van der Waals surface area contributed by atoms with E-state index in [0.29, 0.717) is 31.4 Å². The lowest BCUT2D eigenvalue weighted by atomic mass is 9.84. The van der Waals surface area contributed by atoms with Crippen molar-refractivity contribution in [2.75, 3.05) is 18.5 Å². The molecule has 0 saturated heterocycles. The van der Waals surface area contributed by atoms with E-state index in [9.17, 15) is 4.79 Å². The summed E-state index contributed by atoms with van der Waals surface area (Å²) in [4.78, 5) is 11.6. The number of fused-ring (bicyclic) bond motifs is 1. The van der Waals surface area contributed by atoms with Gasteiger partial charge in [-0.1, -0.05) is 18.9 Å². The highest BCUT2D eigenvalue weighted by Gasteiger charge is 2.26. The number of rotatable bonds is 3. The van der Waals surface area contributed by atoms with Gasteiger partial charge in [0, 0.05) is 0 Å². The van der Waals surface area contributed by atoms with Crippen molar-refractivity contribution >= 4 is 11.6 Å². The first kappa shape index (κ1) is 13.4. The third-order valence-corrected chi connectivity index (χ3v) is 4.52. The second-order valence-corrected chi connectivity index (χ2v) is 5.79. The van der Waals surface area contributed by atoms with Crippen molar-refractivity contribution in [3.63, 3.8) is 0 Å². The van der Waals surface area contributed by atoms with E-state index in [1.54, 1.807) is 0 Å². The highest BCUT2D eigenvalue weighted by Crippen LogP contribution is 2.39. The van der Waals surface area contributed by atoms with Gasteiger partial charge in [0.25, 0.3) is 0 Å². The highest BCUT2D eigenvalue weighted by atomic mass is 16.5. The lowest BCUT2D eigenvalue weighted by molar-refractivity contribution is -0.116. The minimum atomic E-state index is 0.0195. The minimum Gasteiger partial charge on any atom is -0.491 e. The van der Waals surface area contributed by atoms with Crippen molar-refractivity contribution < 1.29 is 9.53 Å². The van der Waals surface area contributed by atoms with Crippen molar-refractivity contribution in [1.82, 2.24) is 0 Å². The fourth-order valence-electron chi connectivity index (χ4n) is 3.43. The van der Waals surface area contributed by atoms with E-state index in [4.69, 9.17) is 10.5 Å². The predicted octanol–water partition coefficient (Wildman–Crippen LogP) is 2.64. The number of benzene rings is 1. The Morgan fingerprint density at radius 2 is 2.15 bits per heavy atom. The molecule has 1 aliphatic heterocycles. The zero-order valence-corrected chi connectivity index (χ0v) is 11.7. The molecule has 1 unspecified atom stereocenters. The van der Waals surface area contributed by atoms with E-state index in [-0.39, 0.29) is 5.91 Å². The van der Waals surface area contributed by atoms with E-state index in [0.717, 1.165) is 11.4 Å². The molecule has 0 spiro atoms. The number of carbonyl (C=O) groups excluding carboxylic acids is 1. The number of carbonyl (C=O) groups is 1. The van der Waals surface area contributed by atoms with Crippen LogP contribution < -0.4 is 15.8 Å². The second kappa shape index (κ2) is 5.83. The van der Waals surface area contributed by atoms with E-state index < -0.39 is 0 Å². The summed E-state index contributed by atoms with van der Waals surface area (Å²) >= 11 is 0. The maximum absolute atomic E-state index is 11.6. The second-order valence-electron chi connectivity index (χ2n) is 5.79. The molecule has 1 fully saturated rings. The molecule has 1 amide bonds. The minimum absolute atomic E-state index is 0.0195. The van der Waals surface area contributed by atoms with Crippen LogP contribution in [0.1, 0.15) is 43.6 Å². The summed E-state index contributed by atoms with van der Waals surface area (Å²) in [6.45, 7) is 1.11. The molecule has 2 aliphatic rings. The number of hydrogen-bond acceptors (Lipinski definition) is 3. The van der Waals surface area contributed by atoms with Gasteiger partial charge < -0.3 is 15.8 Å². The van der Waals surface area contributed by atoms with Crippen LogP contribution in [0.3, 0.4) is 0 Å². The summed E-state index contributed by atoms with van der Waals surface area (Å²) in [5, 5.41) is 2.93. The Balaban J connectivity index is 1.88. The van der Waals surface area contributed by atoms with Gasteiger partial charge in [0.1, 0.15) is 5.75 Å². The molecule has 1 atom stereocenters. The van der Waals surface area contributed by atoms with Gasteiger partial charge in [0.15, 0.2) is 0 Å². The number of nitrogens with two attached hydrogens (primary N) is 1. The number of ether oxygens (including phenoxy) is 1. The van der Waals surface area contributed by atoms with Gasteiger partial charge in [0.05, 0.1) is 18.7 Å². The van der Waals surface area contributed by atoms with Crippen LogP contribution in [-0.4, -0.2) is 19.1 Å². The smallest absolute Gasteiger partial charge is 0.227 e. The Kier molecular flexibility index (Phi) is 3.92. The Hall–Kier alpha value is -1.55. The summed E-state index contributed by atoms with van der Waals surface area (Å²) < 4.78 is 5.60. The van der Waals surface area contributed by atoms with E-state index in [2.05, 4.69) is 17.4 Å². The Labute approximate surface area is 119 Å². The van der Waals surface area contributed by atoms with Crippen LogP contribution in [0.25, 0.3) is 0 Å². The summed E-state index contributed by atoms with van der Waals surface area (Å²) in [7, 11) is 0. The molecule has 1 saturated carbocycles. The van der Waals surface area contributed by atoms with Crippen LogP contribution in [0.4, 0.5) is 5.69 Å². The average Bonchev–Trinajstić information content (AvgIpc) is 2.89. The molecule has 108 valence electrons. The van der Waals surface area contributed by atoms with Gasteiger partial charge in [-0.15, -0.1) is 0 Å². The number of amides is 1. The molecule has 4 heteroatoms. The number of nitrogens with one attached hydrogen (secondary N) is 1. The molecule has 1 aromatic carbocycles. The fourth-order valence-corrected chi connectivity index (χ4v) is 3.43. The molecule has 3 rings (SSSR count). The van der Waals surface area contributed by atoms with Gasteiger partial charge in [0.2, 0.25) is 5.91 Å². The molecule has 1 heterocycles. The van der Waals surface area contributed by atoms with Gasteiger partial charge >= 0.3 is 0 Å². The van der Waals surface area contributed by atoms with Crippen LogP contribution in [0, 0.1) is 5.92 Å². The van der Waals surface area contributed by atoms with Crippen LogP contribution in [0.15, 0.2) is 18.2 Å².